The zero-order valence-corrected chi connectivity index (χ0v) is 12.6. The molecule has 0 bridgehead atoms. The summed E-state index contributed by atoms with van der Waals surface area (Å²) in [4.78, 5) is 13.9. The lowest BCUT2D eigenvalue weighted by molar-refractivity contribution is -0.133. The van der Waals surface area contributed by atoms with Gasteiger partial charge in [-0.15, -0.1) is 0 Å². The first kappa shape index (κ1) is 14.9. The van der Waals surface area contributed by atoms with Crippen LogP contribution in [0.2, 0.25) is 0 Å². The van der Waals surface area contributed by atoms with Crippen LogP contribution in [-0.4, -0.2) is 43.6 Å². The predicted octanol–water partition coefficient (Wildman–Crippen LogP) is 1.93. The highest BCUT2D eigenvalue weighted by Crippen LogP contribution is 2.24. The van der Waals surface area contributed by atoms with Gasteiger partial charge in [0.1, 0.15) is 5.75 Å². The van der Waals surface area contributed by atoms with Gasteiger partial charge in [-0.3, -0.25) is 4.79 Å². The monoisotopic (exact) mass is 276 g/mol. The van der Waals surface area contributed by atoms with Gasteiger partial charge in [0, 0.05) is 26.2 Å². The molecular formula is C16H24N2O2. The average Bonchev–Trinajstić information content (AvgIpc) is 2.46. The molecule has 1 N–H and O–H groups in total. The summed E-state index contributed by atoms with van der Waals surface area (Å²) >= 11 is 0. The molecule has 2 rings (SSSR count). The van der Waals surface area contributed by atoms with Crippen molar-refractivity contribution in [2.24, 2.45) is 0 Å². The summed E-state index contributed by atoms with van der Waals surface area (Å²) in [7, 11) is 0. The molecule has 0 atom stereocenters. The average molecular weight is 276 g/mol. The summed E-state index contributed by atoms with van der Waals surface area (Å²) in [5.74, 6) is 1.35. The molecule has 1 aliphatic rings. The Hall–Kier alpha value is -1.55. The smallest absolute Gasteiger partial charge is 0.260 e. The number of rotatable bonds is 4. The lowest BCUT2D eigenvalue weighted by Crippen LogP contribution is -2.47. The third kappa shape index (κ3) is 3.73. The van der Waals surface area contributed by atoms with Gasteiger partial charge in [0.05, 0.1) is 0 Å². The maximum Gasteiger partial charge on any atom is 0.260 e. The van der Waals surface area contributed by atoms with E-state index in [9.17, 15) is 4.79 Å². The summed E-state index contributed by atoms with van der Waals surface area (Å²) in [6.07, 6.45) is 0. The van der Waals surface area contributed by atoms with E-state index in [1.165, 1.54) is 5.56 Å². The second-order valence-corrected chi connectivity index (χ2v) is 5.60. The van der Waals surface area contributed by atoms with Gasteiger partial charge in [-0.05, 0) is 30.0 Å². The van der Waals surface area contributed by atoms with Crippen molar-refractivity contribution in [3.05, 3.63) is 29.3 Å². The molecule has 0 saturated carbocycles. The summed E-state index contributed by atoms with van der Waals surface area (Å²) in [5, 5.41) is 3.24. The quantitative estimate of drug-likeness (QED) is 0.913. The third-order valence-electron chi connectivity index (χ3n) is 3.70. The molecule has 1 aromatic rings. The van der Waals surface area contributed by atoms with Crippen molar-refractivity contribution >= 4 is 5.91 Å². The SMILES string of the molecule is Cc1ccc(C(C)C)cc1OCC(=O)N1CCNCC1. The minimum atomic E-state index is 0.0702. The van der Waals surface area contributed by atoms with Gasteiger partial charge < -0.3 is 15.0 Å². The largest absolute Gasteiger partial charge is 0.483 e. The molecule has 0 aliphatic carbocycles. The first-order valence-corrected chi connectivity index (χ1v) is 7.30. The molecule has 1 aromatic carbocycles. The number of carbonyl (C=O) groups excluding carboxylic acids is 1. The molecule has 1 saturated heterocycles. The van der Waals surface area contributed by atoms with Crippen molar-refractivity contribution in [2.45, 2.75) is 26.7 Å². The highest BCUT2D eigenvalue weighted by molar-refractivity contribution is 5.78. The van der Waals surface area contributed by atoms with Crippen LogP contribution in [0.15, 0.2) is 18.2 Å². The number of carbonyl (C=O) groups is 1. The van der Waals surface area contributed by atoms with E-state index >= 15 is 0 Å². The van der Waals surface area contributed by atoms with Crippen molar-refractivity contribution < 1.29 is 9.53 Å². The first-order chi connectivity index (χ1) is 9.58. The van der Waals surface area contributed by atoms with Crippen LogP contribution in [0.3, 0.4) is 0 Å². The second-order valence-electron chi connectivity index (χ2n) is 5.60. The molecule has 20 heavy (non-hydrogen) atoms. The number of nitrogens with zero attached hydrogens (tertiary/aromatic N) is 1. The Bertz CT molecular complexity index is 466. The minimum absolute atomic E-state index is 0.0702. The Morgan fingerprint density at radius 1 is 1.35 bits per heavy atom. The van der Waals surface area contributed by atoms with E-state index < -0.39 is 0 Å². The van der Waals surface area contributed by atoms with Gasteiger partial charge in [0.25, 0.3) is 5.91 Å². The van der Waals surface area contributed by atoms with Crippen LogP contribution in [-0.2, 0) is 4.79 Å². The minimum Gasteiger partial charge on any atom is -0.483 e. The van der Waals surface area contributed by atoms with E-state index in [4.69, 9.17) is 4.74 Å². The van der Waals surface area contributed by atoms with Gasteiger partial charge in [-0.2, -0.15) is 0 Å². The van der Waals surface area contributed by atoms with E-state index in [1.54, 1.807) is 0 Å². The van der Waals surface area contributed by atoms with E-state index in [1.807, 2.05) is 17.9 Å². The van der Waals surface area contributed by atoms with Gasteiger partial charge in [0.15, 0.2) is 6.61 Å². The lowest BCUT2D eigenvalue weighted by atomic mass is 10.0. The Kier molecular flexibility index (Phi) is 5.01. The number of hydrogen-bond donors (Lipinski definition) is 1. The Morgan fingerprint density at radius 2 is 2.05 bits per heavy atom. The van der Waals surface area contributed by atoms with E-state index in [0.717, 1.165) is 37.5 Å². The highest BCUT2D eigenvalue weighted by Gasteiger charge is 2.17. The van der Waals surface area contributed by atoms with E-state index in [0.29, 0.717) is 5.92 Å². The van der Waals surface area contributed by atoms with E-state index in [2.05, 4.69) is 31.3 Å². The molecule has 0 radical (unpaired) electrons. The van der Waals surface area contributed by atoms with Crippen molar-refractivity contribution in [3.8, 4) is 5.75 Å². The number of nitrogens with one attached hydrogen (secondary N) is 1. The lowest BCUT2D eigenvalue weighted by Gasteiger charge is -2.27. The Balaban J connectivity index is 1.95. The van der Waals surface area contributed by atoms with Crippen LogP contribution in [0, 0.1) is 6.92 Å². The topological polar surface area (TPSA) is 41.6 Å². The van der Waals surface area contributed by atoms with Crippen LogP contribution >= 0.6 is 0 Å². The molecule has 110 valence electrons. The molecule has 1 heterocycles. The fourth-order valence-corrected chi connectivity index (χ4v) is 2.28. The van der Waals surface area contributed by atoms with Gasteiger partial charge in [0.2, 0.25) is 0 Å². The fourth-order valence-electron chi connectivity index (χ4n) is 2.28. The molecule has 0 aromatic heterocycles. The molecule has 1 amide bonds. The highest BCUT2D eigenvalue weighted by atomic mass is 16.5. The van der Waals surface area contributed by atoms with Crippen molar-refractivity contribution in [2.75, 3.05) is 32.8 Å². The molecule has 0 spiro atoms. The number of ether oxygens (including phenoxy) is 1. The summed E-state index contributed by atoms with van der Waals surface area (Å²) in [6, 6.07) is 6.22. The van der Waals surface area contributed by atoms with Gasteiger partial charge in [-0.25, -0.2) is 0 Å². The molecule has 1 aliphatic heterocycles. The normalized spacial score (nSPS) is 15.5. The molecule has 4 nitrogen and oxygen atoms in total. The van der Waals surface area contributed by atoms with Crippen LogP contribution < -0.4 is 10.1 Å². The van der Waals surface area contributed by atoms with Crippen molar-refractivity contribution in [1.82, 2.24) is 10.2 Å². The zero-order valence-electron chi connectivity index (χ0n) is 12.6. The number of hydrogen-bond acceptors (Lipinski definition) is 3. The zero-order chi connectivity index (χ0) is 14.5. The summed E-state index contributed by atoms with van der Waals surface area (Å²) < 4.78 is 5.73. The first-order valence-electron chi connectivity index (χ1n) is 7.30. The standard InChI is InChI=1S/C16H24N2O2/c1-12(2)14-5-4-13(3)15(10-14)20-11-16(19)18-8-6-17-7-9-18/h4-5,10,12,17H,6-9,11H2,1-3H3. The molecule has 1 fully saturated rings. The molecule has 4 heteroatoms. The van der Waals surface area contributed by atoms with Gasteiger partial charge in [-0.1, -0.05) is 26.0 Å². The molecule has 0 unspecified atom stereocenters. The number of piperazine rings is 1. The number of aryl methyl sites for hydroxylation is 1. The van der Waals surface area contributed by atoms with Crippen LogP contribution in [0.25, 0.3) is 0 Å². The Morgan fingerprint density at radius 3 is 2.70 bits per heavy atom. The number of amides is 1. The van der Waals surface area contributed by atoms with Crippen LogP contribution in [0.1, 0.15) is 30.9 Å². The second kappa shape index (κ2) is 6.75. The summed E-state index contributed by atoms with van der Waals surface area (Å²) in [6.45, 7) is 9.72. The van der Waals surface area contributed by atoms with Crippen molar-refractivity contribution in [3.63, 3.8) is 0 Å². The van der Waals surface area contributed by atoms with Crippen molar-refractivity contribution in [1.29, 1.82) is 0 Å². The van der Waals surface area contributed by atoms with Gasteiger partial charge >= 0.3 is 0 Å². The maximum atomic E-state index is 12.1. The third-order valence-corrected chi connectivity index (χ3v) is 3.70. The predicted molar refractivity (Wildman–Crippen MR) is 80.2 cm³/mol. The van der Waals surface area contributed by atoms with Crippen LogP contribution in [0.5, 0.6) is 5.75 Å². The fraction of sp³-hybridized carbons (Fsp3) is 0.562. The van der Waals surface area contributed by atoms with E-state index in [-0.39, 0.29) is 12.5 Å². The molecular weight excluding hydrogens is 252 g/mol. The maximum absolute atomic E-state index is 12.1. The number of benzene rings is 1. The Labute approximate surface area is 121 Å². The summed E-state index contributed by atoms with van der Waals surface area (Å²) in [5.41, 5.74) is 2.31. The van der Waals surface area contributed by atoms with Crippen LogP contribution in [0.4, 0.5) is 0 Å².